The van der Waals surface area contributed by atoms with Crippen LogP contribution >= 0.6 is 0 Å². The maximum atomic E-state index is 12.1. The fourth-order valence-electron chi connectivity index (χ4n) is 4.61. The van der Waals surface area contributed by atoms with Crippen LogP contribution in [0.2, 0.25) is 0 Å². The van der Waals surface area contributed by atoms with Crippen molar-refractivity contribution in [3.05, 3.63) is 0 Å². The van der Waals surface area contributed by atoms with Gasteiger partial charge in [0, 0.05) is 6.42 Å². The zero-order valence-electron chi connectivity index (χ0n) is 12.3. The normalized spacial score (nSPS) is 38.2. The number of hydrogen-bond donors (Lipinski definition) is 0. The van der Waals surface area contributed by atoms with Crippen LogP contribution in [0.3, 0.4) is 0 Å². The lowest BCUT2D eigenvalue weighted by molar-refractivity contribution is -0.185. The van der Waals surface area contributed by atoms with E-state index < -0.39 is 0 Å². The maximum Gasteiger partial charge on any atom is 0.144 e. The van der Waals surface area contributed by atoms with Crippen molar-refractivity contribution in [1.29, 1.82) is 0 Å². The Kier molecular flexibility index (Phi) is 3.98. The largest absolute Gasteiger partial charge is 0.373 e. The quantitative estimate of drug-likeness (QED) is 0.761. The Bertz CT molecular complexity index is 330. The molecule has 3 rings (SSSR count). The highest BCUT2D eigenvalue weighted by Gasteiger charge is 2.56. The first-order valence-corrected chi connectivity index (χ1v) is 8.45. The third kappa shape index (κ3) is 2.37. The molecule has 19 heavy (non-hydrogen) atoms. The monoisotopic (exact) mass is 264 g/mol. The third-order valence-electron chi connectivity index (χ3n) is 5.99. The third-order valence-corrected chi connectivity index (χ3v) is 5.99. The topological polar surface area (TPSA) is 26.3 Å². The van der Waals surface area contributed by atoms with Gasteiger partial charge in [-0.15, -0.1) is 0 Å². The van der Waals surface area contributed by atoms with E-state index in [9.17, 15) is 4.79 Å². The van der Waals surface area contributed by atoms with E-state index in [-0.39, 0.29) is 11.5 Å². The molecule has 3 atom stereocenters. The summed E-state index contributed by atoms with van der Waals surface area (Å²) in [4.78, 5) is 12.1. The Morgan fingerprint density at radius 1 is 1.11 bits per heavy atom. The van der Waals surface area contributed by atoms with E-state index in [1.165, 1.54) is 51.4 Å². The molecule has 0 amide bonds. The van der Waals surface area contributed by atoms with Crippen molar-refractivity contribution in [2.45, 2.75) is 89.8 Å². The molecule has 0 bridgehead atoms. The van der Waals surface area contributed by atoms with Crippen molar-refractivity contribution in [1.82, 2.24) is 0 Å². The first-order valence-electron chi connectivity index (χ1n) is 8.45. The van der Waals surface area contributed by atoms with Crippen LogP contribution in [0.1, 0.15) is 77.6 Å². The number of hydrogen-bond acceptors (Lipinski definition) is 2. The standard InChI is InChI=1S/C17H28O2/c1-2-13-8-4-5-9-14(13)19-16-12-15(18)17(16)10-6-3-7-11-17/h13-14,16H,2-12H2,1H3. The van der Waals surface area contributed by atoms with Gasteiger partial charge in [0.05, 0.1) is 17.6 Å². The maximum absolute atomic E-state index is 12.1. The summed E-state index contributed by atoms with van der Waals surface area (Å²) in [6, 6.07) is 0. The van der Waals surface area contributed by atoms with Gasteiger partial charge in [0.15, 0.2) is 0 Å². The molecule has 108 valence electrons. The van der Waals surface area contributed by atoms with E-state index in [2.05, 4.69) is 6.92 Å². The molecule has 0 heterocycles. The SMILES string of the molecule is CCC1CCCCC1OC1CC(=O)C12CCCCC2. The Balaban J connectivity index is 1.64. The number of rotatable bonds is 3. The van der Waals surface area contributed by atoms with Crippen LogP contribution in [-0.2, 0) is 9.53 Å². The molecule has 0 radical (unpaired) electrons. The van der Waals surface area contributed by atoms with Gasteiger partial charge in [-0.25, -0.2) is 0 Å². The van der Waals surface area contributed by atoms with Crippen molar-refractivity contribution in [3.8, 4) is 0 Å². The van der Waals surface area contributed by atoms with E-state index >= 15 is 0 Å². The van der Waals surface area contributed by atoms with Crippen LogP contribution < -0.4 is 0 Å². The second kappa shape index (κ2) is 5.55. The molecule has 2 nitrogen and oxygen atoms in total. The van der Waals surface area contributed by atoms with Gasteiger partial charge < -0.3 is 4.74 Å². The van der Waals surface area contributed by atoms with Crippen molar-refractivity contribution in [2.75, 3.05) is 0 Å². The molecular formula is C17H28O2. The molecule has 0 aromatic carbocycles. The van der Waals surface area contributed by atoms with Gasteiger partial charge >= 0.3 is 0 Å². The molecule has 3 unspecified atom stereocenters. The van der Waals surface area contributed by atoms with Crippen LogP contribution in [0.4, 0.5) is 0 Å². The number of carbonyl (C=O) groups excluding carboxylic acids is 1. The van der Waals surface area contributed by atoms with Crippen LogP contribution in [0, 0.1) is 11.3 Å². The summed E-state index contributed by atoms with van der Waals surface area (Å²) in [7, 11) is 0. The molecule has 0 N–H and O–H groups in total. The molecular weight excluding hydrogens is 236 g/mol. The average molecular weight is 264 g/mol. The summed E-state index contributed by atoms with van der Waals surface area (Å²) in [6.07, 6.45) is 13.8. The lowest BCUT2D eigenvalue weighted by Gasteiger charge is -2.51. The minimum atomic E-state index is -0.0476. The first kappa shape index (κ1) is 13.6. The van der Waals surface area contributed by atoms with Gasteiger partial charge in [0.1, 0.15) is 5.78 Å². The van der Waals surface area contributed by atoms with Crippen molar-refractivity contribution in [3.63, 3.8) is 0 Å². The predicted octanol–water partition coefficient (Wildman–Crippen LogP) is 4.26. The zero-order valence-corrected chi connectivity index (χ0v) is 12.3. The highest BCUT2D eigenvalue weighted by Crippen LogP contribution is 2.51. The lowest BCUT2D eigenvalue weighted by atomic mass is 9.57. The molecule has 3 fully saturated rings. The highest BCUT2D eigenvalue weighted by atomic mass is 16.5. The van der Waals surface area contributed by atoms with Crippen LogP contribution in [0.5, 0.6) is 0 Å². The Hall–Kier alpha value is -0.370. The van der Waals surface area contributed by atoms with Crippen molar-refractivity contribution >= 4 is 5.78 Å². The van der Waals surface area contributed by atoms with Crippen LogP contribution in [-0.4, -0.2) is 18.0 Å². The Morgan fingerprint density at radius 3 is 2.53 bits per heavy atom. The van der Waals surface area contributed by atoms with Gasteiger partial charge in [-0.3, -0.25) is 4.79 Å². The molecule has 0 aliphatic heterocycles. The van der Waals surface area contributed by atoms with Crippen LogP contribution in [0.25, 0.3) is 0 Å². The summed E-state index contributed by atoms with van der Waals surface area (Å²) >= 11 is 0. The van der Waals surface area contributed by atoms with Crippen molar-refractivity contribution in [2.24, 2.45) is 11.3 Å². The van der Waals surface area contributed by atoms with E-state index in [0.717, 1.165) is 18.8 Å². The van der Waals surface area contributed by atoms with Gasteiger partial charge in [0.2, 0.25) is 0 Å². The summed E-state index contributed by atoms with van der Waals surface area (Å²) < 4.78 is 6.47. The molecule has 2 heteroatoms. The number of ketones is 1. The highest BCUT2D eigenvalue weighted by molar-refractivity contribution is 5.92. The van der Waals surface area contributed by atoms with E-state index in [1.807, 2.05) is 0 Å². The summed E-state index contributed by atoms with van der Waals surface area (Å²) in [5.41, 5.74) is -0.0476. The molecule has 3 aliphatic carbocycles. The average Bonchev–Trinajstić information content (AvgIpc) is 2.48. The Labute approximate surface area is 117 Å². The summed E-state index contributed by atoms with van der Waals surface area (Å²) in [5.74, 6) is 1.24. The zero-order chi connectivity index (χ0) is 13.3. The molecule has 1 spiro atoms. The predicted molar refractivity (Wildman–Crippen MR) is 76.1 cm³/mol. The van der Waals surface area contributed by atoms with E-state index in [1.54, 1.807) is 0 Å². The smallest absolute Gasteiger partial charge is 0.144 e. The molecule has 0 aromatic rings. The first-order chi connectivity index (χ1) is 9.26. The minimum absolute atomic E-state index is 0.0476. The fourth-order valence-corrected chi connectivity index (χ4v) is 4.61. The number of ether oxygens (including phenoxy) is 1. The van der Waals surface area contributed by atoms with Gasteiger partial charge in [-0.1, -0.05) is 45.4 Å². The Morgan fingerprint density at radius 2 is 1.84 bits per heavy atom. The molecule has 3 aliphatic rings. The second-order valence-corrected chi connectivity index (χ2v) is 6.96. The number of Topliss-reactive ketones (excluding diaryl/α,β-unsaturated/α-hetero) is 1. The van der Waals surface area contributed by atoms with Gasteiger partial charge in [0.25, 0.3) is 0 Å². The lowest BCUT2D eigenvalue weighted by Crippen LogP contribution is -2.57. The molecule has 3 saturated carbocycles. The van der Waals surface area contributed by atoms with E-state index in [0.29, 0.717) is 18.3 Å². The van der Waals surface area contributed by atoms with Crippen molar-refractivity contribution < 1.29 is 9.53 Å². The summed E-state index contributed by atoms with van der Waals surface area (Å²) in [5, 5.41) is 0. The fraction of sp³-hybridized carbons (Fsp3) is 0.941. The summed E-state index contributed by atoms with van der Waals surface area (Å²) in [6.45, 7) is 2.29. The molecule has 0 aromatic heterocycles. The number of carbonyl (C=O) groups is 1. The van der Waals surface area contributed by atoms with Gasteiger partial charge in [-0.2, -0.15) is 0 Å². The molecule has 0 saturated heterocycles. The minimum Gasteiger partial charge on any atom is -0.373 e. The van der Waals surface area contributed by atoms with E-state index in [4.69, 9.17) is 4.74 Å². The van der Waals surface area contributed by atoms with Crippen LogP contribution in [0.15, 0.2) is 0 Å². The second-order valence-electron chi connectivity index (χ2n) is 6.96. The van der Waals surface area contributed by atoms with Gasteiger partial charge in [-0.05, 0) is 31.6 Å².